The molecule has 0 saturated heterocycles. The molecule has 17 heavy (non-hydrogen) atoms. The van der Waals surface area contributed by atoms with Crippen molar-refractivity contribution in [2.45, 2.75) is 25.9 Å². The fraction of sp³-hybridized carbons (Fsp3) is 0.462. The molecular weight excluding hydrogens is 223 g/mol. The lowest BCUT2D eigenvalue weighted by molar-refractivity contribution is -0.141. The van der Waals surface area contributed by atoms with Gasteiger partial charge >= 0.3 is 5.97 Å². The molecule has 0 N–H and O–H groups in total. The SMILES string of the molecule is COc1ccc(CC(F)CCOC(C)=O)cc1. The van der Waals surface area contributed by atoms with Crippen LogP contribution in [0.2, 0.25) is 0 Å². The second-order valence-corrected chi connectivity index (χ2v) is 3.78. The summed E-state index contributed by atoms with van der Waals surface area (Å²) in [4.78, 5) is 10.5. The van der Waals surface area contributed by atoms with Crippen molar-refractivity contribution in [3.8, 4) is 5.75 Å². The van der Waals surface area contributed by atoms with Gasteiger partial charge < -0.3 is 9.47 Å². The van der Waals surface area contributed by atoms with E-state index in [4.69, 9.17) is 4.74 Å². The first-order chi connectivity index (χ1) is 8.11. The largest absolute Gasteiger partial charge is 0.497 e. The molecule has 0 fully saturated rings. The van der Waals surface area contributed by atoms with Gasteiger partial charge in [-0.15, -0.1) is 0 Å². The second-order valence-electron chi connectivity index (χ2n) is 3.78. The van der Waals surface area contributed by atoms with Crippen LogP contribution >= 0.6 is 0 Å². The number of alkyl halides is 1. The van der Waals surface area contributed by atoms with Crippen LogP contribution in [0.4, 0.5) is 4.39 Å². The number of ether oxygens (including phenoxy) is 2. The van der Waals surface area contributed by atoms with Crippen molar-refractivity contribution in [2.24, 2.45) is 0 Å². The van der Waals surface area contributed by atoms with E-state index < -0.39 is 6.17 Å². The second kappa shape index (κ2) is 6.89. The van der Waals surface area contributed by atoms with E-state index in [0.717, 1.165) is 11.3 Å². The van der Waals surface area contributed by atoms with Crippen LogP contribution in [-0.4, -0.2) is 25.9 Å². The van der Waals surface area contributed by atoms with Gasteiger partial charge in [0, 0.05) is 19.8 Å². The molecule has 1 aromatic rings. The first-order valence-corrected chi connectivity index (χ1v) is 5.52. The lowest BCUT2D eigenvalue weighted by Crippen LogP contribution is -2.10. The molecule has 1 unspecified atom stereocenters. The van der Waals surface area contributed by atoms with Crippen molar-refractivity contribution in [1.29, 1.82) is 0 Å². The maximum absolute atomic E-state index is 13.5. The highest BCUT2D eigenvalue weighted by molar-refractivity contribution is 5.65. The van der Waals surface area contributed by atoms with Gasteiger partial charge in [-0.2, -0.15) is 0 Å². The topological polar surface area (TPSA) is 35.5 Å². The highest BCUT2D eigenvalue weighted by Gasteiger charge is 2.08. The zero-order chi connectivity index (χ0) is 12.7. The van der Waals surface area contributed by atoms with E-state index in [2.05, 4.69) is 4.74 Å². The lowest BCUT2D eigenvalue weighted by atomic mass is 10.1. The molecule has 0 saturated carbocycles. The third-order valence-corrected chi connectivity index (χ3v) is 2.35. The number of benzene rings is 1. The molecule has 94 valence electrons. The maximum Gasteiger partial charge on any atom is 0.302 e. The van der Waals surface area contributed by atoms with Crippen molar-refractivity contribution in [3.05, 3.63) is 29.8 Å². The smallest absolute Gasteiger partial charge is 0.302 e. The summed E-state index contributed by atoms with van der Waals surface area (Å²) in [6, 6.07) is 7.26. The van der Waals surface area contributed by atoms with Crippen molar-refractivity contribution in [3.63, 3.8) is 0 Å². The van der Waals surface area contributed by atoms with Gasteiger partial charge in [0.2, 0.25) is 0 Å². The molecular formula is C13H17FO3. The average molecular weight is 240 g/mol. The molecule has 4 heteroatoms. The summed E-state index contributed by atoms with van der Waals surface area (Å²) in [5.41, 5.74) is 0.904. The van der Waals surface area contributed by atoms with E-state index in [9.17, 15) is 9.18 Å². The Labute approximate surface area is 101 Å². The van der Waals surface area contributed by atoms with Crippen LogP contribution in [0.3, 0.4) is 0 Å². The van der Waals surface area contributed by atoms with Crippen molar-refractivity contribution in [2.75, 3.05) is 13.7 Å². The molecule has 0 aliphatic heterocycles. The Morgan fingerprint density at radius 3 is 2.53 bits per heavy atom. The lowest BCUT2D eigenvalue weighted by Gasteiger charge is -2.08. The summed E-state index contributed by atoms with van der Waals surface area (Å²) >= 11 is 0. The molecule has 0 radical (unpaired) electrons. The first-order valence-electron chi connectivity index (χ1n) is 5.52. The van der Waals surface area contributed by atoms with Gasteiger partial charge in [0.15, 0.2) is 0 Å². The van der Waals surface area contributed by atoms with E-state index in [1.54, 1.807) is 19.2 Å². The average Bonchev–Trinajstić information content (AvgIpc) is 2.29. The minimum absolute atomic E-state index is 0.132. The third-order valence-electron chi connectivity index (χ3n) is 2.35. The van der Waals surface area contributed by atoms with Crippen molar-refractivity contribution in [1.82, 2.24) is 0 Å². The molecule has 0 amide bonds. The number of hydrogen-bond donors (Lipinski definition) is 0. The van der Waals surface area contributed by atoms with Crippen LogP contribution in [0.5, 0.6) is 5.75 Å². The van der Waals surface area contributed by atoms with Gasteiger partial charge in [-0.3, -0.25) is 4.79 Å². The fourth-order valence-electron chi connectivity index (χ4n) is 1.45. The summed E-state index contributed by atoms with van der Waals surface area (Å²) in [5.74, 6) is 0.380. The zero-order valence-electron chi connectivity index (χ0n) is 10.1. The number of halogens is 1. The highest BCUT2D eigenvalue weighted by Crippen LogP contribution is 2.14. The van der Waals surface area contributed by atoms with E-state index in [-0.39, 0.29) is 19.0 Å². The number of methoxy groups -OCH3 is 1. The normalized spacial score (nSPS) is 11.9. The minimum Gasteiger partial charge on any atom is -0.497 e. The molecule has 0 bridgehead atoms. The number of esters is 1. The molecule has 1 atom stereocenters. The number of carbonyl (C=O) groups excluding carboxylic acids is 1. The summed E-state index contributed by atoms with van der Waals surface area (Å²) in [5, 5.41) is 0. The molecule has 1 rings (SSSR count). The standard InChI is InChI=1S/C13H17FO3/c1-10(15)17-8-7-12(14)9-11-3-5-13(16-2)6-4-11/h3-6,12H,7-9H2,1-2H3. The van der Waals surface area contributed by atoms with Gasteiger partial charge in [-0.05, 0) is 17.7 Å². The van der Waals surface area contributed by atoms with E-state index in [1.807, 2.05) is 12.1 Å². The third kappa shape index (κ3) is 5.33. The van der Waals surface area contributed by atoms with Crippen LogP contribution in [-0.2, 0) is 16.0 Å². The summed E-state index contributed by atoms with van der Waals surface area (Å²) in [7, 11) is 1.59. The van der Waals surface area contributed by atoms with E-state index >= 15 is 0 Å². The van der Waals surface area contributed by atoms with Crippen LogP contribution in [0.25, 0.3) is 0 Å². The number of hydrogen-bond acceptors (Lipinski definition) is 3. The van der Waals surface area contributed by atoms with Crippen LogP contribution in [0, 0.1) is 0 Å². The molecule has 0 heterocycles. The first kappa shape index (κ1) is 13.5. The number of carbonyl (C=O) groups is 1. The predicted molar refractivity (Wildman–Crippen MR) is 62.8 cm³/mol. The maximum atomic E-state index is 13.5. The molecule has 0 aliphatic carbocycles. The molecule has 1 aromatic carbocycles. The highest BCUT2D eigenvalue weighted by atomic mass is 19.1. The van der Waals surface area contributed by atoms with Gasteiger partial charge in [-0.1, -0.05) is 12.1 Å². The van der Waals surface area contributed by atoms with Gasteiger partial charge in [-0.25, -0.2) is 4.39 Å². The Hall–Kier alpha value is -1.58. The number of rotatable bonds is 6. The Balaban J connectivity index is 2.34. The monoisotopic (exact) mass is 240 g/mol. The van der Waals surface area contributed by atoms with Crippen LogP contribution in [0.1, 0.15) is 18.9 Å². The Morgan fingerprint density at radius 2 is 2.00 bits per heavy atom. The quantitative estimate of drug-likeness (QED) is 0.717. The van der Waals surface area contributed by atoms with Gasteiger partial charge in [0.05, 0.1) is 13.7 Å². The van der Waals surface area contributed by atoms with E-state index in [0.29, 0.717) is 6.42 Å². The fourth-order valence-corrected chi connectivity index (χ4v) is 1.45. The zero-order valence-corrected chi connectivity index (χ0v) is 10.1. The summed E-state index contributed by atoms with van der Waals surface area (Å²) in [6.07, 6.45) is -0.445. The molecule has 0 spiro atoms. The predicted octanol–water partition coefficient (Wildman–Crippen LogP) is 2.53. The van der Waals surface area contributed by atoms with Gasteiger partial charge in [0.1, 0.15) is 11.9 Å². The van der Waals surface area contributed by atoms with Crippen molar-refractivity contribution < 1.29 is 18.7 Å². The van der Waals surface area contributed by atoms with Crippen LogP contribution in [0.15, 0.2) is 24.3 Å². The summed E-state index contributed by atoms with van der Waals surface area (Å²) < 4.78 is 23.2. The van der Waals surface area contributed by atoms with Crippen molar-refractivity contribution >= 4 is 5.97 Å². The van der Waals surface area contributed by atoms with Gasteiger partial charge in [0.25, 0.3) is 0 Å². The molecule has 3 nitrogen and oxygen atoms in total. The Morgan fingerprint density at radius 1 is 1.35 bits per heavy atom. The Kier molecular flexibility index (Phi) is 5.46. The Bertz CT molecular complexity index is 348. The molecule has 0 aliphatic rings. The van der Waals surface area contributed by atoms with Crippen LogP contribution < -0.4 is 4.74 Å². The van der Waals surface area contributed by atoms with E-state index in [1.165, 1.54) is 6.92 Å². The molecule has 0 aromatic heterocycles. The minimum atomic E-state index is -0.997. The summed E-state index contributed by atoms with van der Waals surface area (Å²) in [6.45, 7) is 1.45.